The zero-order valence-electron chi connectivity index (χ0n) is 10.9. The summed E-state index contributed by atoms with van der Waals surface area (Å²) in [5.74, 6) is 0. The van der Waals surface area contributed by atoms with Gasteiger partial charge in [-0.1, -0.05) is 35.0 Å². The number of hydrogen-bond acceptors (Lipinski definition) is 6. The van der Waals surface area contributed by atoms with Crippen LogP contribution >= 0.6 is 35.0 Å². The van der Waals surface area contributed by atoms with Crippen molar-refractivity contribution in [3.8, 4) is 17.3 Å². The smallest absolute Gasteiger partial charge is 0.288 e. The molecule has 1 N–H and O–H groups in total. The molecular weight excluding hydrogens is 351 g/mol. The van der Waals surface area contributed by atoms with Gasteiger partial charge in [-0.3, -0.25) is 14.9 Å². The summed E-state index contributed by atoms with van der Waals surface area (Å²) in [7, 11) is 0. The van der Waals surface area contributed by atoms with E-state index >= 15 is 0 Å². The van der Waals surface area contributed by atoms with Crippen molar-refractivity contribution in [2.45, 2.75) is 5.16 Å². The van der Waals surface area contributed by atoms with Crippen LogP contribution in [0, 0.1) is 21.4 Å². The number of nitrogens with one attached hydrogen (secondary N) is 1. The molecule has 0 amide bonds. The Labute approximate surface area is 138 Å². The van der Waals surface area contributed by atoms with Crippen molar-refractivity contribution in [2.24, 2.45) is 0 Å². The Morgan fingerprint density at radius 3 is 2.68 bits per heavy atom. The number of nitro benzene ring substituents is 1. The second-order valence-corrected chi connectivity index (χ2v) is 5.50. The van der Waals surface area contributed by atoms with Crippen LogP contribution in [0.25, 0.3) is 11.3 Å². The minimum Gasteiger partial charge on any atom is -0.300 e. The highest BCUT2D eigenvalue weighted by atomic mass is 35.5. The molecule has 7 nitrogen and oxygen atoms in total. The average molecular weight is 357 g/mol. The Kier molecular flexibility index (Phi) is 4.71. The summed E-state index contributed by atoms with van der Waals surface area (Å²) in [6, 6.07) is 4.12. The number of benzene rings is 1. The van der Waals surface area contributed by atoms with E-state index in [2.05, 4.69) is 9.97 Å². The van der Waals surface area contributed by atoms with Gasteiger partial charge in [-0.15, -0.1) is 0 Å². The highest BCUT2D eigenvalue weighted by Gasteiger charge is 2.24. The van der Waals surface area contributed by atoms with Crippen LogP contribution in [-0.2, 0) is 0 Å². The van der Waals surface area contributed by atoms with E-state index in [4.69, 9.17) is 28.5 Å². The van der Waals surface area contributed by atoms with Gasteiger partial charge in [0, 0.05) is 11.6 Å². The Balaban J connectivity index is 2.91. The number of nitrogens with zero attached hydrogens (tertiary/aromatic N) is 3. The first kappa shape index (κ1) is 16.3. The minimum absolute atomic E-state index is 0.0181. The Bertz CT molecular complexity index is 876. The predicted octanol–water partition coefficient (Wildman–Crippen LogP) is 3.25. The summed E-state index contributed by atoms with van der Waals surface area (Å²) in [6.07, 6.45) is 1.67. The van der Waals surface area contributed by atoms with E-state index in [0.29, 0.717) is 0 Å². The maximum atomic E-state index is 11.9. The van der Waals surface area contributed by atoms with Crippen molar-refractivity contribution < 1.29 is 4.92 Å². The van der Waals surface area contributed by atoms with Crippen LogP contribution in [0.3, 0.4) is 0 Å². The molecule has 10 heteroatoms. The Hall–Kier alpha value is -2.08. The maximum Gasteiger partial charge on any atom is 0.288 e. The van der Waals surface area contributed by atoms with Gasteiger partial charge in [0.25, 0.3) is 11.2 Å². The molecule has 1 heterocycles. The van der Waals surface area contributed by atoms with E-state index in [0.717, 1.165) is 17.8 Å². The van der Waals surface area contributed by atoms with Gasteiger partial charge in [0.05, 0.1) is 15.6 Å². The second kappa shape index (κ2) is 6.36. The van der Waals surface area contributed by atoms with Crippen LogP contribution in [0.15, 0.2) is 22.1 Å². The van der Waals surface area contributed by atoms with Crippen LogP contribution in [0.4, 0.5) is 5.69 Å². The molecule has 0 aliphatic rings. The van der Waals surface area contributed by atoms with E-state index in [1.165, 1.54) is 6.07 Å². The molecule has 0 aliphatic heterocycles. The Morgan fingerprint density at radius 2 is 2.14 bits per heavy atom. The summed E-state index contributed by atoms with van der Waals surface area (Å²) < 4.78 is 0. The molecule has 0 saturated heterocycles. The summed E-state index contributed by atoms with van der Waals surface area (Å²) in [5.41, 5.74) is -1.49. The first-order valence-electron chi connectivity index (χ1n) is 5.61. The van der Waals surface area contributed by atoms with E-state index in [1.54, 1.807) is 12.3 Å². The minimum atomic E-state index is -0.684. The van der Waals surface area contributed by atoms with E-state index < -0.39 is 16.2 Å². The lowest BCUT2D eigenvalue weighted by atomic mass is 10.1. The molecule has 0 aliphatic carbocycles. The van der Waals surface area contributed by atoms with Crippen LogP contribution in [0.5, 0.6) is 0 Å². The zero-order chi connectivity index (χ0) is 16.4. The first-order valence-corrected chi connectivity index (χ1v) is 7.60. The highest BCUT2D eigenvalue weighted by molar-refractivity contribution is 7.98. The van der Waals surface area contributed by atoms with Gasteiger partial charge < -0.3 is 4.98 Å². The number of H-pyrrole nitrogens is 1. The van der Waals surface area contributed by atoms with Crippen molar-refractivity contribution >= 4 is 40.7 Å². The lowest BCUT2D eigenvalue weighted by Crippen LogP contribution is -2.15. The molecule has 2 rings (SSSR count). The number of halogens is 2. The standard InChI is InChI=1S/C12H6Cl2N4O3S/c1-22-12-16-10(5(4-15)11(19)17-12)8-6(13)2-3-7(9(8)14)18(20)21/h2-3H,1H3,(H,16,17,19). The molecule has 0 spiro atoms. The molecule has 2 aromatic rings. The third-order valence-corrected chi connectivity index (χ3v) is 3.98. The molecule has 0 fully saturated rings. The van der Waals surface area contributed by atoms with Crippen LogP contribution in [-0.4, -0.2) is 21.1 Å². The van der Waals surface area contributed by atoms with Gasteiger partial charge in [0.1, 0.15) is 16.7 Å². The van der Waals surface area contributed by atoms with E-state index in [-0.39, 0.29) is 32.0 Å². The molecule has 1 aromatic carbocycles. The lowest BCUT2D eigenvalue weighted by Gasteiger charge is -2.09. The summed E-state index contributed by atoms with van der Waals surface area (Å²) in [4.78, 5) is 28.7. The number of thioether (sulfide) groups is 1. The molecule has 0 bridgehead atoms. The fourth-order valence-electron chi connectivity index (χ4n) is 1.73. The van der Waals surface area contributed by atoms with Gasteiger partial charge >= 0.3 is 0 Å². The summed E-state index contributed by atoms with van der Waals surface area (Å²) in [6.45, 7) is 0. The monoisotopic (exact) mass is 356 g/mol. The molecule has 1 aromatic heterocycles. The zero-order valence-corrected chi connectivity index (χ0v) is 13.2. The molecule has 0 unspecified atom stereocenters. The SMILES string of the molecule is CSc1nc(-c2c(Cl)ccc([N+](=O)[O-])c2Cl)c(C#N)c(=O)[nH]1. The van der Waals surface area contributed by atoms with Crippen LogP contribution in [0.2, 0.25) is 10.0 Å². The van der Waals surface area contributed by atoms with E-state index in [9.17, 15) is 14.9 Å². The van der Waals surface area contributed by atoms with Gasteiger partial charge in [-0.2, -0.15) is 5.26 Å². The quantitative estimate of drug-likeness (QED) is 0.390. The van der Waals surface area contributed by atoms with Crippen molar-refractivity contribution in [2.75, 3.05) is 6.26 Å². The molecule has 0 atom stereocenters. The Morgan fingerprint density at radius 1 is 1.45 bits per heavy atom. The van der Waals surface area contributed by atoms with Crippen LogP contribution in [0.1, 0.15) is 5.56 Å². The average Bonchev–Trinajstić information content (AvgIpc) is 2.46. The van der Waals surface area contributed by atoms with Gasteiger partial charge in [-0.25, -0.2) is 4.98 Å². The second-order valence-electron chi connectivity index (χ2n) is 3.92. The number of rotatable bonds is 3. The summed E-state index contributed by atoms with van der Waals surface area (Å²) in [5, 5.41) is 20.1. The number of nitriles is 1. The topological polar surface area (TPSA) is 113 Å². The number of aromatic amines is 1. The third kappa shape index (κ3) is 2.78. The molecule has 0 saturated carbocycles. The predicted molar refractivity (Wildman–Crippen MR) is 83.5 cm³/mol. The molecule has 22 heavy (non-hydrogen) atoms. The fraction of sp³-hybridized carbons (Fsp3) is 0.0833. The van der Waals surface area contributed by atoms with Gasteiger partial charge in [0.15, 0.2) is 5.16 Å². The molecule has 112 valence electrons. The lowest BCUT2D eigenvalue weighted by molar-refractivity contribution is -0.384. The number of nitro groups is 1. The molecular formula is C12H6Cl2N4O3S. The summed E-state index contributed by atoms with van der Waals surface area (Å²) >= 11 is 13.2. The highest BCUT2D eigenvalue weighted by Crippen LogP contribution is 2.40. The van der Waals surface area contributed by atoms with Gasteiger partial charge in [0.2, 0.25) is 0 Å². The van der Waals surface area contributed by atoms with Crippen molar-refractivity contribution in [1.82, 2.24) is 9.97 Å². The van der Waals surface area contributed by atoms with Gasteiger partial charge in [-0.05, 0) is 12.3 Å². The van der Waals surface area contributed by atoms with Crippen molar-refractivity contribution in [3.63, 3.8) is 0 Å². The first-order chi connectivity index (χ1) is 10.4. The van der Waals surface area contributed by atoms with Crippen molar-refractivity contribution in [3.05, 3.63) is 48.2 Å². The normalized spacial score (nSPS) is 10.3. The fourth-order valence-corrected chi connectivity index (χ4v) is 2.73. The maximum absolute atomic E-state index is 11.9. The third-order valence-electron chi connectivity index (χ3n) is 2.71. The largest absolute Gasteiger partial charge is 0.300 e. The number of aromatic nitrogens is 2. The van der Waals surface area contributed by atoms with Crippen molar-refractivity contribution in [1.29, 1.82) is 5.26 Å². The number of hydrogen-bond donors (Lipinski definition) is 1. The molecule has 0 radical (unpaired) electrons. The van der Waals surface area contributed by atoms with E-state index in [1.807, 2.05) is 0 Å². The van der Waals surface area contributed by atoms with Crippen LogP contribution < -0.4 is 5.56 Å².